The molecule has 0 amide bonds. The Labute approximate surface area is 97.8 Å². The molecule has 2 N–H and O–H groups in total. The highest BCUT2D eigenvalue weighted by Crippen LogP contribution is 2.17. The molecule has 78 valence electrons. The summed E-state index contributed by atoms with van der Waals surface area (Å²) in [5.74, 6) is 0.272. The Bertz CT molecular complexity index is 428. The maximum Gasteiger partial charge on any atom is 0.154 e. The minimum atomic E-state index is -2.95. The van der Waals surface area contributed by atoms with Crippen LogP contribution in [-0.2, 0) is 15.6 Å². The molecule has 0 aromatic heterocycles. The van der Waals surface area contributed by atoms with Crippen LogP contribution in [0.5, 0.6) is 0 Å². The lowest BCUT2D eigenvalue weighted by Gasteiger charge is -2.04. The van der Waals surface area contributed by atoms with E-state index in [1.54, 1.807) is 19.1 Å². The van der Waals surface area contributed by atoms with Crippen LogP contribution < -0.4 is 5.73 Å². The molecule has 0 heterocycles. The molecule has 0 bridgehead atoms. The van der Waals surface area contributed by atoms with Gasteiger partial charge < -0.3 is 5.73 Å². The summed E-state index contributed by atoms with van der Waals surface area (Å²) in [6.45, 7) is 1.65. The van der Waals surface area contributed by atoms with Gasteiger partial charge in [-0.3, -0.25) is 0 Å². The van der Waals surface area contributed by atoms with Crippen LogP contribution in [0.3, 0.4) is 0 Å². The Morgan fingerprint density at radius 1 is 1.43 bits per heavy atom. The normalized spacial score (nSPS) is 11.6. The van der Waals surface area contributed by atoms with Gasteiger partial charge in [-0.2, -0.15) is 0 Å². The van der Waals surface area contributed by atoms with E-state index in [9.17, 15) is 8.42 Å². The second kappa shape index (κ2) is 4.48. The predicted octanol–water partition coefficient (Wildman–Crippen LogP) is 1.81. The Hall–Kier alpha value is -0.300. The molecule has 0 aliphatic heterocycles. The topological polar surface area (TPSA) is 60.2 Å². The highest BCUT2D eigenvalue weighted by Gasteiger charge is 2.09. The molecule has 0 saturated heterocycles. The highest BCUT2D eigenvalue weighted by atomic mass is 127. The summed E-state index contributed by atoms with van der Waals surface area (Å²) >= 11 is 2.09. The number of benzene rings is 1. The number of hydrogen-bond acceptors (Lipinski definition) is 3. The Balaban J connectivity index is 2.94. The first-order chi connectivity index (χ1) is 6.44. The van der Waals surface area contributed by atoms with Crippen molar-refractivity contribution in [2.24, 2.45) is 0 Å². The number of anilines is 1. The molecular weight excluding hydrogens is 313 g/mol. The molecule has 0 fully saturated rings. The van der Waals surface area contributed by atoms with Crippen LogP contribution in [0.4, 0.5) is 5.69 Å². The Kier molecular flexibility index (Phi) is 3.77. The third-order valence-electron chi connectivity index (χ3n) is 1.89. The van der Waals surface area contributed by atoms with Gasteiger partial charge in [0.05, 0.1) is 5.75 Å². The van der Waals surface area contributed by atoms with Crippen LogP contribution in [0.25, 0.3) is 0 Å². The lowest BCUT2D eigenvalue weighted by molar-refractivity contribution is 0.596. The second-order valence-electron chi connectivity index (χ2n) is 3.03. The molecule has 1 aromatic carbocycles. The quantitative estimate of drug-likeness (QED) is 0.681. The summed E-state index contributed by atoms with van der Waals surface area (Å²) in [4.78, 5) is 0. The maximum absolute atomic E-state index is 11.3. The first-order valence-electron chi connectivity index (χ1n) is 4.19. The monoisotopic (exact) mass is 325 g/mol. The molecule has 0 aliphatic carbocycles. The molecule has 14 heavy (non-hydrogen) atoms. The SMILES string of the molecule is CCS(=O)(=O)Cc1ccc(N)c(I)c1. The van der Waals surface area contributed by atoms with Crippen molar-refractivity contribution in [2.45, 2.75) is 12.7 Å². The summed E-state index contributed by atoms with van der Waals surface area (Å²) in [7, 11) is -2.95. The lowest BCUT2D eigenvalue weighted by Crippen LogP contribution is -2.06. The summed E-state index contributed by atoms with van der Waals surface area (Å²) in [5, 5.41) is 0. The Morgan fingerprint density at radius 3 is 2.57 bits per heavy atom. The number of nitrogens with two attached hydrogens (primary N) is 1. The van der Waals surface area contributed by atoms with Crippen molar-refractivity contribution in [1.29, 1.82) is 0 Å². The molecule has 0 unspecified atom stereocenters. The van der Waals surface area contributed by atoms with Crippen LogP contribution >= 0.6 is 22.6 Å². The van der Waals surface area contributed by atoms with Crippen LogP contribution in [0.15, 0.2) is 18.2 Å². The lowest BCUT2D eigenvalue weighted by atomic mass is 10.2. The zero-order valence-corrected chi connectivity index (χ0v) is 10.8. The van der Waals surface area contributed by atoms with Crippen molar-refractivity contribution in [3.63, 3.8) is 0 Å². The van der Waals surface area contributed by atoms with Crippen LogP contribution in [0, 0.1) is 3.57 Å². The van der Waals surface area contributed by atoms with Gasteiger partial charge in [-0.1, -0.05) is 13.0 Å². The van der Waals surface area contributed by atoms with E-state index >= 15 is 0 Å². The number of nitrogen functional groups attached to an aromatic ring is 1. The van der Waals surface area contributed by atoms with Gasteiger partial charge in [0, 0.05) is 15.0 Å². The molecule has 0 spiro atoms. The van der Waals surface area contributed by atoms with E-state index in [1.807, 2.05) is 6.07 Å². The van der Waals surface area contributed by atoms with Crippen LogP contribution in [-0.4, -0.2) is 14.2 Å². The van der Waals surface area contributed by atoms with Gasteiger partial charge in [0.25, 0.3) is 0 Å². The fourth-order valence-corrected chi connectivity index (χ4v) is 2.49. The van der Waals surface area contributed by atoms with Gasteiger partial charge >= 0.3 is 0 Å². The van der Waals surface area contributed by atoms with Crippen LogP contribution in [0.2, 0.25) is 0 Å². The van der Waals surface area contributed by atoms with Gasteiger partial charge in [0.1, 0.15) is 0 Å². The highest BCUT2D eigenvalue weighted by molar-refractivity contribution is 14.1. The molecule has 0 atom stereocenters. The molecule has 0 aliphatic rings. The van der Waals surface area contributed by atoms with Gasteiger partial charge in [-0.25, -0.2) is 8.42 Å². The average Bonchev–Trinajstić information content (AvgIpc) is 2.11. The molecule has 0 saturated carbocycles. The average molecular weight is 325 g/mol. The number of rotatable bonds is 3. The third-order valence-corrected chi connectivity index (χ3v) is 4.48. The van der Waals surface area contributed by atoms with E-state index in [0.29, 0.717) is 5.69 Å². The van der Waals surface area contributed by atoms with E-state index in [-0.39, 0.29) is 11.5 Å². The predicted molar refractivity (Wildman–Crippen MR) is 66.7 cm³/mol. The van der Waals surface area contributed by atoms with E-state index in [0.717, 1.165) is 9.13 Å². The first-order valence-corrected chi connectivity index (χ1v) is 7.09. The largest absolute Gasteiger partial charge is 0.398 e. The first kappa shape index (κ1) is 11.8. The van der Waals surface area contributed by atoms with Crippen molar-refractivity contribution >= 4 is 38.1 Å². The smallest absolute Gasteiger partial charge is 0.154 e. The molecule has 5 heteroatoms. The fraction of sp³-hybridized carbons (Fsp3) is 0.333. The summed E-state index contributed by atoms with van der Waals surface area (Å²) in [5.41, 5.74) is 7.11. The van der Waals surface area contributed by atoms with E-state index in [4.69, 9.17) is 5.73 Å². The minimum absolute atomic E-state index is 0.0970. The summed E-state index contributed by atoms with van der Waals surface area (Å²) in [6, 6.07) is 5.30. The van der Waals surface area contributed by atoms with Gasteiger partial charge in [0.2, 0.25) is 0 Å². The zero-order chi connectivity index (χ0) is 10.8. The van der Waals surface area contributed by atoms with Crippen LogP contribution in [0.1, 0.15) is 12.5 Å². The van der Waals surface area contributed by atoms with Crippen molar-refractivity contribution in [1.82, 2.24) is 0 Å². The molecule has 1 aromatic rings. The van der Waals surface area contributed by atoms with Gasteiger partial charge in [-0.05, 0) is 40.3 Å². The summed E-state index contributed by atoms with van der Waals surface area (Å²) < 4.78 is 23.6. The summed E-state index contributed by atoms with van der Waals surface area (Å²) in [6.07, 6.45) is 0. The van der Waals surface area contributed by atoms with Crippen molar-refractivity contribution in [3.05, 3.63) is 27.3 Å². The second-order valence-corrected chi connectivity index (χ2v) is 6.55. The number of sulfone groups is 1. The molecular formula is C9H12INO2S. The van der Waals surface area contributed by atoms with Crippen molar-refractivity contribution in [2.75, 3.05) is 11.5 Å². The van der Waals surface area contributed by atoms with E-state index in [1.165, 1.54) is 0 Å². The molecule has 0 radical (unpaired) electrons. The third kappa shape index (κ3) is 3.13. The Morgan fingerprint density at radius 2 is 2.07 bits per heavy atom. The molecule has 3 nitrogen and oxygen atoms in total. The standard InChI is InChI=1S/C9H12INO2S/c1-2-14(12,13)6-7-3-4-9(11)8(10)5-7/h3-5H,2,6,11H2,1H3. The minimum Gasteiger partial charge on any atom is -0.398 e. The maximum atomic E-state index is 11.3. The van der Waals surface area contributed by atoms with Crippen molar-refractivity contribution < 1.29 is 8.42 Å². The molecule has 1 rings (SSSR count). The zero-order valence-electron chi connectivity index (χ0n) is 7.83. The van der Waals surface area contributed by atoms with E-state index < -0.39 is 9.84 Å². The van der Waals surface area contributed by atoms with E-state index in [2.05, 4.69) is 22.6 Å². The van der Waals surface area contributed by atoms with Crippen molar-refractivity contribution in [3.8, 4) is 0 Å². The van der Waals surface area contributed by atoms with Gasteiger partial charge in [-0.15, -0.1) is 0 Å². The number of hydrogen-bond donors (Lipinski definition) is 1. The number of halogens is 1. The fourth-order valence-electron chi connectivity index (χ4n) is 1.02. The van der Waals surface area contributed by atoms with Gasteiger partial charge in [0.15, 0.2) is 9.84 Å².